The van der Waals surface area contributed by atoms with Crippen molar-refractivity contribution in [3.05, 3.63) is 28.2 Å². The van der Waals surface area contributed by atoms with Crippen LogP contribution in [0.25, 0.3) is 0 Å². The first kappa shape index (κ1) is 13.8. The first-order valence-electron chi connectivity index (χ1n) is 6.53. The Kier molecular flexibility index (Phi) is 5.03. The van der Waals surface area contributed by atoms with Gasteiger partial charge in [-0.1, -0.05) is 22.0 Å². The minimum Gasteiger partial charge on any atom is -0.396 e. The molecule has 1 unspecified atom stereocenters. The van der Waals surface area contributed by atoms with Gasteiger partial charge in [-0.15, -0.1) is 0 Å². The van der Waals surface area contributed by atoms with Gasteiger partial charge in [-0.25, -0.2) is 0 Å². The zero-order valence-electron chi connectivity index (χ0n) is 10.8. The minimum absolute atomic E-state index is 0.309. The van der Waals surface area contributed by atoms with E-state index in [0.717, 1.165) is 26.1 Å². The number of aliphatic hydroxyl groups is 1. The summed E-state index contributed by atoms with van der Waals surface area (Å²) >= 11 is 3.63. The third-order valence-corrected chi connectivity index (χ3v) is 4.33. The molecule has 1 atom stereocenters. The van der Waals surface area contributed by atoms with Gasteiger partial charge in [0, 0.05) is 36.4 Å². The van der Waals surface area contributed by atoms with Crippen molar-refractivity contribution in [1.29, 1.82) is 0 Å². The molecule has 18 heavy (non-hydrogen) atoms. The van der Waals surface area contributed by atoms with Crippen LogP contribution < -0.4 is 10.2 Å². The van der Waals surface area contributed by atoms with Crippen molar-refractivity contribution in [1.82, 2.24) is 5.32 Å². The molecule has 0 spiro atoms. The van der Waals surface area contributed by atoms with Crippen LogP contribution in [0.1, 0.15) is 18.4 Å². The van der Waals surface area contributed by atoms with E-state index in [1.165, 1.54) is 22.1 Å². The molecule has 1 aromatic carbocycles. The van der Waals surface area contributed by atoms with Crippen LogP contribution in [0.2, 0.25) is 0 Å². The van der Waals surface area contributed by atoms with Gasteiger partial charge in [-0.2, -0.15) is 0 Å². The van der Waals surface area contributed by atoms with Crippen LogP contribution in [0.15, 0.2) is 22.7 Å². The van der Waals surface area contributed by atoms with Crippen molar-refractivity contribution >= 4 is 21.6 Å². The molecule has 1 saturated heterocycles. The number of anilines is 1. The molecule has 1 aromatic rings. The molecule has 4 heteroatoms. The molecule has 1 aliphatic rings. The quantitative estimate of drug-likeness (QED) is 0.876. The fourth-order valence-corrected chi connectivity index (χ4v) is 3.06. The van der Waals surface area contributed by atoms with Crippen LogP contribution in [0, 0.1) is 5.92 Å². The Labute approximate surface area is 117 Å². The number of aliphatic hydroxyl groups excluding tert-OH is 1. The van der Waals surface area contributed by atoms with E-state index in [4.69, 9.17) is 5.11 Å². The molecule has 2 rings (SSSR count). The van der Waals surface area contributed by atoms with E-state index in [1.807, 2.05) is 7.05 Å². The molecular formula is C14H21BrN2O. The summed E-state index contributed by atoms with van der Waals surface area (Å²) in [5.41, 5.74) is 2.56. The standard InChI is InChI=1S/C14H21BrN2O/c1-16-9-12-2-3-13(8-14(12)15)17-6-4-11(10-17)5-7-18/h2-3,8,11,16,18H,4-7,9-10H2,1H3. The highest BCUT2D eigenvalue weighted by atomic mass is 79.9. The van der Waals surface area contributed by atoms with E-state index in [2.05, 4.69) is 44.3 Å². The normalized spacial score (nSPS) is 19.5. The first-order chi connectivity index (χ1) is 8.74. The molecular weight excluding hydrogens is 292 g/mol. The highest BCUT2D eigenvalue weighted by Gasteiger charge is 2.22. The monoisotopic (exact) mass is 312 g/mol. The molecule has 1 heterocycles. The van der Waals surface area contributed by atoms with E-state index < -0.39 is 0 Å². The maximum Gasteiger partial charge on any atom is 0.0434 e. The molecule has 3 nitrogen and oxygen atoms in total. The maximum absolute atomic E-state index is 8.99. The predicted molar refractivity (Wildman–Crippen MR) is 78.9 cm³/mol. The average Bonchev–Trinajstić information content (AvgIpc) is 2.81. The van der Waals surface area contributed by atoms with Crippen molar-refractivity contribution in [2.24, 2.45) is 5.92 Å². The Hall–Kier alpha value is -0.580. The molecule has 2 N–H and O–H groups in total. The summed E-state index contributed by atoms with van der Waals surface area (Å²) in [7, 11) is 1.96. The van der Waals surface area contributed by atoms with Crippen LogP contribution in [0.3, 0.4) is 0 Å². The van der Waals surface area contributed by atoms with Gasteiger partial charge in [-0.3, -0.25) is 0 Å². The second-order valence-corrected chi connectivity index (χ2v) is 5.77. The molecule has 0 radical (unpaired) electrons. The first-order valence-corrected chi connectivity index (χ1v) is 7.32. The Bertz CT molecular complexity index is 397. The van der Waals surface area contributed by atoms with Gasteiger partial charge in [0.05, 0.1) is 0 Å². The second-order valence-electron chi connectivity index (χ2n) is 4.92. The van der Waals surface area contributed by atoms with Crippen LogP contribution >= 0.6 is 15.9 Å². The SMILES string of the molecule is CNCc1ccc(N2CCC(CCO)C2)cc1Br. The topological polar surface area (TPSA) is 35.5 Å². The summed E-state index contributed by atoms with van der Waals surface area (Å²) in [6, 6.07) is 6.57. The van der Waals surface area contributed by atoms with Crippen molar-refractivity contribution in [3.63, 3.8) is 0 Å². The Morgan fingerprint density at radius 1 is 1.50 bits per heavy atom. The summed E-state index contributed by atoms with van der Waals surface area (Å²) < 4.78 is 1.17. The minimum atomic E-state index is 0.309. The largest absolute Gasteiger partial charge is 0.396 e. The van der Waals surface area contributed by atoms with Crippen molar-refractivity contribution < 1.29 is 5.11 Å². The van der Waals surface area contributed by atoms with Crippen LogP contribution in [-0.4, -0.2) is 31.9 Å². The lowest BCUT2D eigenvalue weighted by molar-refractivity contribution is 0.263. The summed E-state index contributed by atoms with van der Waals surface area (Å²) in [4.78, 5) is 2.41. The number of nitrogens with one attached hydrogen (secondary N) is 1. The lowest BCUT2D eigenvalue weighted by Gasteiger charge is -2.20. The van der Waals surface area contributed by atoms with E-state index in [-0.39, 0.29) is 0 Å². The van der Waals surface area contributed by atoms with Crippen molar-refractivity contribution in [3.8, 4) is 0 Å². The van der Waals surface area contributed by atoms with Crippen molar-refractivity contribution in [2.75, 3.05) is 31.6 Å². The van der Waals surface area contributed by atoms with Gasteiger partial charge in [0.15, 0.2) is 0 Å². The number of nitrogens with zero attached hydrogens (tertiary/aromatic N) is 1. The molecule has 0 amide bonds. The van der Waals surface area contributed by atoms with Crippen LogP contribution in [0.4, 0.5) is 5.69 Å². The van der Waals surface area contributed by atoms with E-state index >= 15 is 0 Å². The Morgan fingerprint density at radius 2 is 2.33 bits per heavy atom. The summed E-state index contributed by atoms with van der Waals surface area (Å²) in [5.74, 6) is 0.644. The molecule has 100 valence electrons. The fourth-order valence-electron chi connectivity index (χ4n) is 2.55. The van der Waals surface area contributed by atoms with E-state index in [9.17, 15) is 0 Å². The summed E-state index contributed by atoms with van der Waals surface area (Å²) in [5, 5.41) is 12.2. The second kappa shape index (κ2) is 6.55. The molecule has 1 aliphatic heterocycles. The number of hydrogen-bond donors (Lipinski definition) is 2. The smallest absolute Gasteiger partial charge is 0.0434 e. The van der Waals surface area contributed by atoms with Gasteiger partial charge < -0.3 is 15.3 Å². The highest BCUT2D eigenvalue weighted by molar-refractivity contribution is 9.10. The van der Waals surface area contributed by atoms with Crippen LogP contribution in [-0.2, 0) is 6.54 Å². The Balaban J connectivity index is 2.04. The lowest BCUT2D eigenvalue weighted by atomic mass is 10.1. The molecule has 0 aromatic heterocycles. The number of hydrogen-bond acceptors (Lipinski definition) is 3. The van der Waals surface area contributed by atoms with Gasteiger partial charge in [0.2, 0.25) is 0 Å². The Morgan fingerprint density at radius 3 is 3.00 bits per heavy atom. The van der Waals surface area contributed by atoms with Crippen LogP contribution in [0.5, 0.6) is 0 Å². The molecule has 0 aliphatic carbocycles. The van der Waals surface area contributed by atoms with Gasteiger partial charge >= 0.3 is 0 Å². The predicted octanol–water partition coefficient (Wildman–Crippen LogP) is 2.38. The van der Waals surface area contributed by atoms with E-state index in [0.29, 0.717) is 12.5 Å². The third kappa shape index (κ3) is 3.25. The average molecular weight is 313 g/mol. The molecule has 0 bridgehead atoms. The maximum atomic E-state index is 8.99. The zero-order chi connectivity index (χ0) is 13.0. The summed E-state index contributed by atoms with van der Waals surface area (Å²) in [6.45, 7) is 3.36. The number of benzene rings is 1. The molecule has 1 fully saturated rings. The third-order valence-electron chi connectivity index (χ3n) is 3.59. The lowest BCUT2D eigenvalue weighted by Crippen LogP contribution is -2.20. The van der Waals surface area contributed by atoms with E-state index in [1.54, 1.807) is 0 Å². The zero-order valence-corrected chi connectivity index (χ0v) is 12.4. The number of rotatable bonds is 5. The molecule has 0 saturated carbocycles. The van der Waals surface area contributed by atoms with Crippen molar-refractivity contribution in [2.45, 2.75) is 19.4 Å². The number of halogens is 1. The highest BCUT2D eigenvalue weighted by Crippen LogP contribution is 2.29. The van der Waals surface area contributed by atoms with Gasteiger partial charge in [0.1, 0.15) is 0 Å². The van der Waals surface area contributed by atoms with Gasteiger partial charge in [-0.05, 0) is 43.5 Å². The van der Waals surface area contributed by atoms with Gasteiger partial charge in [0.25, 0.3) is 0 Å². The fraction of sp³-hybridized carbons (Fsp3) is 0.571. The summed E-state index contributed by atoms with van der Waals surface area (Å²) in [6.07, 6.45) is 2.12.